The lowest BCUT2D eigenvalue weighted by Gasteiger charge is -2.35. The number of nitrogens with zero attached hydrogens (tertiary/aromatic N) is 2. The lowest BCUT2D eigenvalue weighted by Crippen LogP contribution is -2.44. The van der Waals surface area contributed by atoms with E-state index in [1.165, 1.54) is 6.92 Å². The van der Waals surface area contributed by atoms with Crippen molar-refractivity contribution in [2.75, 3.05) is 53.0 Å². The third-order valence-corrected chi connectivity index (χ3v) is 6.54. The fourth-order valence-electron chi connectivity index (χ4n) is 4.78. The van der Waals surface area contributed by atoms with Gasteiger partial charge >= 0.3 is 0 Å². The second-order valence-corrected chi connectivity index (χ2v) is 8.80. The van der Waals surface area contributed by atoms with E-state index in [2.05, 4.69) is 9.88 Å². The molecule has 0 unspecified atom stereocenters. The number of ketones is 1. The molecule has 1 aromatic heterocycles. The van der Waals surface area contributed by atoms with Gasteiger partial charge in [-0.25, -0.2) is 0 Å². The number of ether oxygens (including phenoxy) is 2. The highest BCUT2D eigenvalue weighted by Gasteiger charge is 2.30. The molecule has 2 aliphatic heterocycles. The van der Waals surface area contributed by atoms with E-state index in [4.69, 9.17) is 9.47 Å². The first-order valence-corrected chi connectivity index (χ1v) is 11.2. The summed E-state index contributed by atoms with van der Waals surface area (Å²) in [6.45, 7) is 11.3. The normalized spacial score (nSPS) is 20.6. The van der Waals surface area contributed by atoms with E-state index in [9.17, 15) is 9.59 Å². The van der Waals surface area contributed by atoms with Gasteiger partial charge < -0.3 is 24.3 Å². The number of amides is 1. The largest absolute Gasteiger partial charge is 0.383 e. The topological polar surface area (TPSA) is 74.9 Å². The SMILES string of the molecule is COCCN1CCC(CN(C[C@H]2CCCO2)C(=O)c2c(C)[nH]c(C(C)=O)c2C)CC1. The Hall–Kier alpha value is -1.70. The van der Waals surface area contributed by atoms with Crippen LogP contribution in [-0.4, -0.2) is 85.6 Å². The summed E-state index contributed by atoms with van der Waals surface area (Å²) >= 11 is 0. The van der Waals surface area contributed by atoms with Crippen molar-refractivity contribution in [1.82, 2.24) is 14.8 Å². The van der Waals surface area contributed by atoms with E-state index in [1.54, 1.807) is 7.11 Å². The average molecular weight is 420 g/mol. The van der Waals surface area contributed by atoms with Crippen LogP contribution in [0.15, 0.2) is 0 Å². The monoisotopic (exact) mass is 419 g/mol. The molecule has 3 rings (SSSR count). The third-order valence-electron chi connectivity index (χ3n) is 6.54. The van der Waals surface area contributed by atoms with Gasteiger partial charge in [-0.1, -0.05) is 0 Å². The number of aromatic nitrogens is 1. The molecule has 168 valence electrons. The Bertz CT molecular complexity index is 731. The molecule has 1 atom stereocenters. The number of aryl methyl sites for hydroxylation is 1. The van der Waals surface area contributed by atoms with Gasteiger partial charge in [0.25, 0.3) is 5.91 Å². The van der Waals surface area contributed by atoms with Gasteiger partial charge in [0.1, 0.15) is 0 Å². The number of H-pyrrole nitrogens is 1. The van der Waals surface area contributed by atoms with Crippen molar-refractivity contribution >= 4 is 11.7 Å². The molecular weight excluding hydrogens is 382 g/mol. The van der Waals surface area contributed by atoms with Gasteiger partial charge in [-0.2, -0.15) is 0 Å². The molecule has 1 amide bonds. The van der Waals surface area contributed by atoms with Crippen molar-refractivity contribution in [2.45, 2.75) is 52.6 Å². The van der Waals surface area contributed by atoms with Gasteiger partial charge in [-0.3, -0.25) is 9.59 Å². The van der Waals surface area contributed by atoms with Gasteiger partial charge in [0.2, 0.25) is 0 Å². The first kappa shape index (κ1) is 23.0. The summed E-state index contributed by atoms with van der Waals surface area (Å²) in [5.74, 6) is 0.468. The fraction of sp³-hybridized carbons (Fsp3) is 0.739. The van der Waals surface area contributed by atoms with E-state index < -0.39 is 0 Å². The second-order valence-electron chi connectivity index (χ2n) is 8.80. The number of carbonyl (C=O) groups is 2. The first-order chi connectivity index (χ1) is 14.4. The zero-order valence-corrected chi connectivity index (χ0v) is 19.0. The smallest absolute Gasteiger partial charge is 0.256 e. The zero-order valence-electron chi connectivity index (χ0n) is 19.0. The van der Waals surface area contributed by atoms with Gasteiger partial charge in [-0.05, 0) is 64.1 Å². The molecule has 3 heterocycles. The highest BCUT2D eigenvalue weighted by molar-refractivity contribution is 6.02. The number of rotatable bonds is 9. The van der Waals surface area contributed by atoms with Crippen LogP contribution < -0.4 is 0 Å². The minimum atomic E-state index is -0.0382. The van der Waals surface area contributed by atoms with E-state index in [0.29, 0.717) is 23.7 Å². The Morgan fingerprint density at radius 3 is 2.50 bits per heavy atom. The van der Waals surface area contributed by atoms with E-state index in [-0.39, 0.29) is 17.8 Å². The Labute approximate surface area is 180 Å². The molecule has 1 aromatic rings. The molecule has 0 aromatic carbocycles. The minimum absolute atomic E-state index is 0.0195. The van der Waals surface area contributed by atoms with Crippen LogP contribution in [0.4, 0.5) is 0 Å². The molecule has 0 saturated carbocycles. The zero-order chi connectivity index (χ0) is 21.7. The maximum atomic E-state index is 13.6. The molecule has 0 spiro atoms. The van der Waals surface area contributed by atoms with Crippen LogP contribution in [0, 0.1) is 19.8 Å². The summed E-state index contributed by atoms with van der Waals surface area (Å²) in [5.41, 5.74) is 2.72. The maximum absolute atomic E-state index is 13.6. The summed E-state index contributed by atoms with van der Waals surface area (Å²) < 4.78 is 11.0. The van der Waals surface area contributed by atoms with Crippen molar-refractivity contribution in [3.8, 4) is 0 Å². The van der Waals surface area contributed by atoms with Crippen LogP contribution in [0.3, 0.4) is 0 Å². The summed E-state index contributed by atoms with van der Waals surface area (Å²) in [7, 11) is 1.74. The molecular formula is C23H37N3O4. The molecule has 1 N–H and O–H groups in total. The Kier molecular flexibility index (Phi) is 8.08. The van der Waals surface area contributed by atoms with Crippen LogP contribution >= 0.6 is 0 Å². The van der Waals surface area contributed by atoms with Crippen LogP contribution in [-0.2, 0) is 9.47 Å². The van der Waals surface area contributed by atoms with Crippen LogP contribution in [0.1, 0.15) is 64.7 Å². The second kappa shape index (κ2) is 10.6. The number of likely N-dealkylation sites (tertiary alicyclic amines) is 1. The van der Waals surface area contributed by atoms with Crippen molar-refractivity contribution in [2.24, 2.45) is 5.92 Å². The number of hydrogen-bond acceptors (Lipinski definition) is 5. The maximum Gasteiger partial charge on any atom is 0.256 e. The lowest BCUT2D eigenvalue weighted by atomic mass is 9.95. The lowest BCUT2D eigenvalue weighted by molar-refractivity contribution is 0.0436. The number of methoxy groups -OCH3 is 1. The number of carbonyl (C=O) groups excluding carboxylic acids is 2. The molecule has 30 heavy (non-hydrogen) atoms. The fourth-order valence-corrected chi connectivity index (χ4v) is 4.78. The first-order valence-electron chi connectivity index (χ1n) is 11.2. The number of Topliss-reactive ketones (excluding diaryl/α,β-unsaturated/α-hetero) is 1. The van der Waals surface area contributed by atoms with Crippen molar-refractivity contribution < 1.29 is 19.1 Å². The predicted octanol–water partition coefficient (Wildman–Crippen LogP) is 2.81. The molecule has 7 heteroatoms. The average Bonchev–Trinajstić information content (AvgIpc) is 3.34. The highest BCUT2D eigenvalue weighted by atomic mass is 16.5. The summed E-state index contributed by atoms with van der Waals surface area (Å²) in [5, 5.41) is 0. The standard InChI is InChI=1S/C23H37N3O4/c1-16-21(17(2)24-22(16)18(3)27)23(28)26(15-20-6-5-12-30-20)14-19-7-9-25(10-8-19)11-13-29-4/h19-20,24H,5-15H2,1-4H3/t20-/m1/s1. The van der Waals surface area contributed by atoms with Gasteiger partial charge in [0, 0.05) is 46.0 Å². The number of nitrogens with one attached hydrogen (secondary N) is 1. The predicted molar refractivity (Wildman–Crippen MR) is 116 cm³/mol. The third kappa shape index (κ3) is 5.50. The van der Waals surface area contributed by atoms with Crippen molar-refractivity contribution in [3.05, 3.63) is 22.5 Å². The summed E-state index contributed by atoms with van der Waals surface area (Å²) in [4.78, 5) is 33.1. The Morgan fingerprint density at radius 1 is 1.20 bits per heavy atom. The molecule has 2 fully saturated rings. The van der Waals surface area contributed by atoms with Crippen LogP contribution in [0.5, 0.6) is 0 Å². The van der Waals surface area contributed by atoms with Crippen molar-refractivity contribution in [3.63, 3.8) is 0 Å². The van der Waals surface area contributed by atoms with Gasteiger partial charge in [-0.15, -0.1) is 0 Å². The van der Waals surface area contributed by atoms with E-state index in [1.807, 2.05) is 18.7 Å². The summed E-state index contributed by atoms with van der Waals surface area (Å²) in [6.07, 6.45) is 4.35. The van der Waals surface area contributed by atoms with Crippen LogP contribution in [0.25, 0.3) is 0 Å². The van der Waals surface area contributed by atoms with E-state index >= 15 is 0 Å². The molecule has 2 saturated heterocycles. The van der Waals surface area contributed by atoms with E-state index in [0.717, 1.165) is 76.3 Å². The Morgan fingerprint density at radius 2 is 1.93 bits per heavy atom. The van der Waals surface area contributed by atoms with Crippen molar-refractivity contribution in [1.29, 1.82) is 0 Å². The Balaban J connectivity index is 1.71. The molecule has 0 bridgehead atoms. The summed E-state index contributed by atoms with van der Waals surface area (Å²) in [6, 6.07) is 0. The minimum Gasteiger partial charge on any atom is -0.383 e. The highest BCUT2D eigenvalue weighted by Crippen LogP contribution is 2.25. The molecule has 0 radical (unpaired) electrons. The quantitative estimate of drug-likeness (QED) is 0.623. The van der Waals surface area contributed by atoms with Crippen LogP contribution in [0.2, 0.25) is 0 Å². The number of piperidine rings is 1. The molecule has 2 aliphatic rings. The molecule has 0 aliphatic carbocycles. The molecule has 7 nitrogen and oxygen atoms in total. The number of hydrogen-bond donors (Lipinski definition) is 1. The van der Waals surface area contributed by atoms with Gasteiger partial charge in [0.15, 0.2) is 5.78 Å². The number of aromatic amines is 1. The van der Waals surface area contributed by atoms with Gasteiger partial charge in [0.05, 0.1) is 24.0 Å².